The summed E-state index contributed by atoms with van der Waals surface area (Å²) in [5.41, 5.74) is 1.36. The number of rotatable bonds is 4. The molecule has 6 nitrogen and oxygen atoms in total. The zero-order valence-electron chi connectivity index (χ0n) is 18.9. The molecule has 10 heteroatoms. The Kier molecular flexibility index (Phi) is 5.76. The minimum atomic E-state index is -4.48. The fourth-order valence-electron chi connectivity index (χ4n) is 4.23. The van der Waals surface area contributed by atoms with Gasteiger partial charge in [0.15, 0.2) is 11.9 Å². The summed E-state index contributed by atoms with van der Waals surface area (Å²) in [5, 5.41) is 9.85. The maximum Gasteiger partial charge on any atom is 0.416 e. The van der Waals surface area contributed by atoms with Gasteiger partial charge < -0.3 is 4.84 Å². The van der Waals surface area contributed by atoms with E-state index >= 15 is 0 Å². The summed E-state index contributed by atoms with van der Waals surface area (Å²) in [5.74, 6) is -0.477. The van der Waals surface area contributed by atoms with Crippen LogP contribution in [-0.4, -0.2) is 33.0 Å². The summed E-state index contributed by atoms with van der Waals surface area (Å²) >= 11 is 0. The Hall–Kier alpha value is -3.79. The first-order valence-electron chi connectivity index (χ1n) is 11.0. The Labute approximate surface area is 198 Å². The van der Waals surface area contributed by atoms with E-state index in [1.54, 1.807) is 19.2 Å². The fourth-order valence-corrected chi connectivity index (χ4v) is 4.23. The van der Waals surface area contributed by atoms with E-state index in [2.05, 4.69) is 15.3 Å². The summed E-state index contributed by atoms with van der Waals surface area (Å²) in [6.45, 7) is 1.90. The van der Waals surface area contributed by atoms with E-state index in [0.29, 0.717) is 28.9 Å². The Morgan fingerprint density at radius 2 is 1.83 bits per heavy atom. The first-order chi connectivity index (χ1) is 16.7. The molecule has 2 aromatic carbocycles. The van der Waals surface area contributed by atoms with Crippen molar-refractivity contribution in [2.24, 2.45) is 10.9 Å². The standard InChI is InChI=1S/C25H21F4N5O/c1-15-8-6-13-19(26)21(15)34-22(16-9-4-3-5-10-16)20(31-32-34)24-30-23(33(2)35-24)17-11-7-12-18(14-17)25(27,28)29/h3-7,9-15,23H,8H2,1-2H3. The Morgan fingerprint density at radius 3 is 2.54 bits per heavy atom. The van der Waals surface area contributed by atoms with Crippen molar-refractivity contribution in [3.8, 4) is 11.3 Å². The van der Waals surface area contributed by atoms with Crippen LogP contribution in [0.1, 0.15) is 36.3 Å². The van der Waals surface area contributed by atoms with E-state index in [9.17, 15) is 17.6 Å². The van der Waals surface area contributed by atoms with E-state index in [0.717, 1.165) is 12.1 Å². The van der Waals surface area contributed by atoms with Crippen molar-refractivity contribution < 1.29 is 22.4 Å². The molecule has 2 heterocycles. The van der Waals surface area contributed by atoms with Crippen molar-refractivity contribution >= 4 is 11.6 Å². The van der Waals surface area contributed by atoms with Gasteiger partial charge in [-0.1, -0.05) is 60.7 Å². The van der Waals surface area contributed by atoms with Crippen LogP contribution in [0.2, 0.25) is 0 Å². The van der Waals surface area contributed by atoms with Crippen LogP contribution in [0.25, 0.3) is 17.0 Å². The van der Waals surface area contributed by atoms with E-state index in [4.69, 9.17) is 4.84 Å². The number of benzene rings is 2. The molecule has 0 radical (unpaired) electrons. The lowest BCUT2D eigenvalue weighted by Crippen LogP contribution is -2.20. The van der Waals surface area contributed by atoms with Crippen LogP contribution < -0.4 is 0 Å². The smallest absolute Gasteiger partial charge is 0.381 e. The number of hydrogen-bond donors (Lipinski definition) is 0. The van der Waals surface area contributed by atoms with Crippen LogP contribution in [0, 0.1) is 5.92 Å². The molecule has 180 valence electrons. The molecule has 0 amide bonds. The molecule has 1 aliphatic carbocycles. The van der Waals surface area contributed by atoms with Crippen LogP contribution in [0.5, 0.6) is 0 Å². The zero-order chi connectivity index (χ0) is 24.7. The minimum absolute atomic E-state index is 0.0834. The highest BCUT2D eigenvalue weighted by Crippen LogP contribution is 2.37. The molecule has 35 heavy (non-hydrogen) atoms. The minimum Gasteiger partial charge on any atom is -0.381 e. The summed E-state index contributed by atoms with van der Waals surface area (Å²) < 4.78 is 56.1. The van der Waals surface area contributed by atoms with Gasteiger partial charge in [-0.15, -0.1) is 10.2 Å². The van der Waals surface area contributed by atoms with Gasteiger partial charge in [-0.25, -0.2) is 14.1 Å². The zero-order valence-corrected chi connectivity index (χ0v) is 18.9. The molecule has 2 aliphatic rings. The highest BCUT2D eigenvalue weighted by molar-refractivity contribution is 5.99. The van der Waals surface area contributed by atoms with Crippen molar-refractivity contribution in [3.63, 3.8) is 0 Å². The third-order valence-corrected chi connectivity index (χ3v) is 5.94. The molecule has 2 unspecified atom stereocenters. The fraction of sp³-hybridized carbons (Fsp3) is 0.240. The Balaban J connectivity index is 1.62. The molecule has 0 fully saturated rings. The van der Waals surface area contributed by atoms with Crippen LogP contribution in [-0.2, 0) is 11.0 Å². The van der Waals surface area contributed by atoms with Gasteiger partial charge >= 0.3 is 6.18 Å². The van der Waals surface area contributed by atoms with Crippen molar-refractivity contribution in [1.29, 1.82) is 0 Å². The molecule has 0 bridgehead atoms. The number of allylic oxidation sites excluding steroid dienone is 4. The van der Waals surface area contributed by atoms with E-state index in [-0.39, 0.29) is 17.5 Å². The summed E-state index contributed by atoms with van der Waals surface area (Å²) in [7, 11) is 1.57. The number of halogens is 4. The second kappa shape index (κ2) is 8.77. The number of hydrogen-bond acceptors (Lipinski definition) is 5. The predicted molar refractivity (Wildman–Crippen MR) is 122 cm³/mol. The summed E-state index contributed by atoms with van der Waals surface area (Å²) in [4.78, 5) is 10.3. The van der Waals surface area contributed by atoms with Gasteiger partial charge in [-0.2, -0.15) is 13.2 Å². The maximum absolute atomic E-state index is 14.9. The molecule has 0 spiro atoms. The molecular weight excluding hydrogens is 462 g/mol. The van der Waals surface area contributed by atoms with Gasteiger partial charge in [0.2, 0.25) is 0 Å². The quantitative estimate of drug-likeness (QED) is 0.426. The molecular formula is C25H21F4N5O. The first-order valence-corrected chi connectivity index (χ1v) is 11.0. The number of hydroxylamine groups is 2. The van der Waals surface area contributed by atoms with Crippen molar-refractivity contribution in [1.82, 2.24) is 20.1 Å². The maximum atomic E-state index is 14.9. The van der Waals surface area contributed by atoms with Gasteiger partial charge in [-0.3, -0.25) is 0 Å². The number of aromatic nitrogens is 3. The molecule has 5 rings (SSSR count). The van der Waals surface area contributed by atoms with Crippen LogP contribution in [0.3, 0.4) is 0 Å². The lowest BCUT2D eigenvalue weighted by molar-refractivity contribution is -0.137. The van der Waals surface area contributed by atoms with E-state index in [1.807, 2.05) is 37.3 Å². The normalized spacial score (nSPS) is 20.8. The van der Waals surface area contributed by atoms with Gasteiger partial charge in [0.05, 0.1) is 11.3 Å². The predicted octanol–water partition coefficient (Wildman–Crippen LogP) is 6.02. The third-order valence-electron chi connectivity index (χ3n) is 5.94. The molecule has 1 aliphatic heterocycles. The highest BCUT2D eigenvalue weighted by Gasteiger charge is 2.36. The number of nitrogens with zero attached hydrogens (tertiary/aromatic N) is 5. The summed E-state index contributed by atoms with van der Waals surface area (Å²) in [6, 6.07) is 14.1. The largest absolute Gasteiger partial charge is 0.416 e. The van der Waals surface area contributed by atoms with Gasteiger partial charge in [0, 0.05) is 18.5 Å². The highest BCUT2D eigenvalue weighted by atomic mass is 19.4. The van der Waals surface area contributed by atoms with Crippen LogP contribution in [0.15, 0.2) is 77.6 Å². The van der Waals surface area contributed by atoms with Gasteiger partial charge in [-0.05, 0) is 30.2 Å². The lowest BCUT2D eigenvalue weighted by Gasteiger charge is -2.20. The average Bonchev–Trinajstić information content (AvgIpc) is 3.43. The van der Waals surface area contributed by atoms with Crippen molar-refractivity contribution in [2.75, 3.05) is 7.05 Å². The second-order valence-electron chi connectivity index (χ2n) is 8.41. The molecule has 2 atom stereocenters. The Morgan fingerprint density at radius 1 is 1.06 bits per heavy atom. The lowest BCUT2D eigenvalue weighted by atomic mass is 9.97. The molecule has 0 N–H and O–H groups in total. The molecule has 0 saturated heterocycles. The van der Waals surface area contributed by atoms with Crippen molar-refractivity contribution in [2.45, 2.75) is 25.7 Å². The number of aliphatic imine (C=N–C) groups is 1. The molecule has 0 saturated carbocycles. The number of alkyl halides is 3. The molecule has 3 aromatic rings. The van der Waals surface area contributed by atoms with E-state index < -0.39 is 23.7 Å². The van der Waals surface area contributed by atoms with E-state index in [1.165, 1.54) is 21.9 Å². The first kappa shape index (κ1) is 23.0. The summed E-state index contributed by atoms with van der Waals surface area (Å²) in [6.07, 6.45) is -1.49. The average molecular weight is 483 g/mol. The second-order valence-corrected chi connectivity index (χ2v) is 8.41. The Bertz CT molecular complexity index is 1340. The van der Waals surface area contributed by atoms with Gasteiger partial charge in [0.25, 0.3) is 5.90 Å². The SMILES string of the molecule is CC1CC=CC(F)=C1n1nnc(C2=NC(c3cccc(C(F)(F)F)c3)N(C)O2)c1-c1ccccc1. The topological polar surface area (TPSA) is 55.5 Å². The monoisotopic (exact) mass is 483 g/mol. The third kappa shape index (κ3) is 4.25. The van der Waals surface area contributed by atoms with Crippen LogP contribution in [0.4, 0.5) is 17.6 Å². The van der Waals surface area contributed by atoms with Crippen molar-refractivity contribution in [3.05, 3.63) is 89.4 Å². The molecule has 1 aromatic heterocycles. The van der Waals surface area contributed by atoms with Gasteiger partial charge in [0.1, 0.15) is 11.5 Å². The van der Waals surface area contributed by atoms with Crippen LogP contribution >= 0.6 is 0 Å².